The van der Waals surface area contributed by atoms with Gasteiger partial charge >= 0.3 is 0 Å². The van der Waals surface area contributed by atoms with E-state index in [2.05, 4.69) is 44.1 Å². The predicted octanol–water partition coefficient (Wildman–Crippen LogP) is 2.91. The first kappa shape index (κ1) is 12.8. The smallest absolute Gasteiger partial charge is 0.126 e. The van der Waals surface area contributed by atoms with Crippen molar-refractivity contribution in [1.29, 1.82) is 0 Å². The second kappa shape index (κ2) is 5.83. The molecular formula is C13H20BrN3. The fourth-order valence-corrected chi connectivity index (χ4v) is 2.48. The second-order valence-corrected chi connectivity index (χ2v) is 5.55. The Morgan fingerprint density at radius 2 is 2.35 bits per heavy atom. The zero-order chi connectivity index (χ0) is 12.3. The van der Waals surface area contributed by atoms with Crippen LogP contribution in [0.2, 0.25) is 0 Å². The number of nitrogens with zero attached hydrogens (tertiary/aromatic N) is 2. The molecule has 1 aliphatic rings. The lowest BCUT2D eigenvalue weighted by atomic mass is 10.1. The fraction of sp³-hybridized carbons (Fsp3) is 0.615. The number of nitrogens with one attached hydrogen (secondary N) is 1. The highest BCUT2D eigenvalue weighted by molar-refractivity contribution is 9.10. The summed E-state index contributed by atoms with van der Waals surface area (Å²) < 4.78 is 1.07. The summed E-state index contributed by atoms with van der Waals surface area (Å²) in [6.07, 6.45) is 1.30. The number of likely N-dealkylation sites (tertiary alicyclic amines) is 1. The Bertz CT molecular complexity index is 381. The third-order valence-electron chi connectivity index (χ3n) is 3.41. The molecule has 1 aromatic rings. The van der Waals surface area contributed by atoms with Gasteiger partial charge in [0.2, 0.25) is 0 Å². The van der Waals surface area contributed by atoms with Crippen LogP contribution in [0.5, 0.6) is 0 Å². The minimum atomic E-state index is 0.765. The van der Waals surface area contributed by atoms with Gasteiger partial charge in [0.25, 0.3) is 0 Å². The summed E-state index contributed by atoms with van der Waals surface area (Å²) >= 11 is 3.47. The van der Waals surface area contributed by atoms with Crippen molar-refractivity contribution in [2.75, 3.05) is 31.5 Å². The van der Waals surface area contributed by atoms with Gasteiger partial charge in [0.1, 0.15) is 5.82 Å². The highest BCUT2D eigenvalue weighted by Gasteiger charge is 2.20. The van der Waals surface area contributed by atoms with E-state index in [4.69, 9.17) is 0 Å². The van der Waals surface area contributed by atoms with Crippen LogP contribution >= 0.6 is 15.9 Å². The molecule has 94 valence electrons. The van der Waals surface area contributed by atoms with Crippen molar-refractivity contribution in [1.82, 2.24) is 9.88 Å². The molecule has 2 rings (SSSR count). The maximum Gasteiger partial charge on any atom is 0.126 e. The van der Waals surface area contributed by atoms with Crippen LogP contribution in [-0.2, 0) is 0 Å². The summed E-state index contributed by atoms with van der Waals surface area (Å²) in [5.74, 6) is 1.75. The van der Waals surface area contributed by atoms with Crippen LogP contribution in [0, 0.1) is 12.8 Å². The first-order valence-electron chi connectivity index (χ1n) is 6.28. The van der Waals surface area contributed by atoms with E-state index in [-0.39, 0.29) is 0 Å². The van der Waals surface area contributed by atoms with E-state index >= 15 is 0 Å². The number of pyridine rings is 1. The molecule has 17 heavy (non-hydrogen) atoms. The summed E-state index contributed by atoms with van der Waals surface area (Å²) in [5.41, 5.74) is 1.04. The number of rotatable bonds is 4. The molecule has 4 heteroatoms. The summed E-state index contributed by atoms with van der Waals surface area (Å²) in [7, 11) is 0. The molecule has 0 aliphatic carbocycles. The van der Waals surface area contributed by atoms with Gasteiger partial charge in [-0.2, -0.15) is 0 Å². The van der Waals surface area contributed by atoms with Gasteiger partial charge in [-0.15, -0.1) is 0 Å². The summed E-state index contributed by atoms with van der Waals surface area (Å²) in [6, 6.07) is 4.08. The van der Waals surface area contributed by atoms with Crippen molar-refractivity contribution in [2.45, 2.75) is 20.3 Å². The van der Waals surface area contributed by atoms with E-state index < -0.39 is 0 Å². The van der Waals surface area contributed by atoms with Gasteiger partial charge in [0.05, 0.1) is 5.69 Å². The maximum atomic E-state index is 4.50. The first-order chi connectivity index (χ1) is 8.19. The molecule has 3 nitrogen and oxygen atoms in total. The maximum absolute atomic E-state index is 4.50. The number of anilines is 1. The Kier molecular flexibility index (Phi) is 4.40. The lowest BCUT2D eigenvalue weighted by Gasteiger charge is -2.14. The molecule has 1 atom stereocenters. The molecular weight excluding hydrogens is 278 g/mol. The Balaban J connectivity index is 1.84. The van der Waals surface area contributed by atoms with Gasteiger partial charge in [0, 0.05) is 17.6 Å². The molecule has 1 fully saturated rings. The lowest BCUT2D eigenvalue weighted by molar-refractivity contribution is 0.345. The van der Waals surface area contributed by atoms with Crippen LogP contribution in [0.25, 0.3) is 0 Å². The molecule has 1 unspecified atom stereocenters. The Morgan fingerprint density at radius 3 is 3.00 bits per heavy atom. The molecule has 0 radical (unpaired) electrons. The molecule has 0 saturated carbocycles. The highest BCUT2D eigenvalue weighted by Crippen LogP contribution is 2.19. The van der Waals surface area contributed by atoms with Gasteiger partial charge in [0.15, 0.2) is 0 Å². The van der Waals surface area contributed by atoms with Crippen molar-refractivity contribution in [3.05, 3.63) is 22.3 Å². The minimum absolute atomic E-state index is 0.765. The molecule has 0 amide bonds. The van der Waals surface area contributed by atoms with Crippen molar-refractivity contribution >= 4 is 21.7 Å². The van der Waals surface area contributed by atoms with Crippen LogP contribution in [0.4, 0.5) is 5.82 Å². The van der Waals surface area contributed by atoms with Crippen molar-refractivity contribution in [3.8, 4) is 0 Å². The summed E-state index contributed by atoms with van der Waals surface area (Å²) in [5, 5.41) is 3.44. The van der Waals surface area contributed by atoms with Crippen molar-refractivity contribution in [2.24, 2.45) is 5.92 Å². The van der Waals surface area contributed by atoms with Crippen molar-refractivity contribution in [3.63, 3.8) is 0 Å². The largest absolute Gasteiger partial charge is 0.370 e. The first-order valence-corrected chi connectivity index (χ1v) is 7.07. The van der Waals surface area contributed by atoms with Crippen LogP contribution in [0.3, 0.4) is 0 Å². The summed E-state index contributed by atoms with van der Waals surface area (Å²) in [4.78, 5) is 7.01. The van der Waals surface area contributed by atoms with Crippen LogP contribution in [0.1, 0.15) is 19.0 Å². The predicted molar refractivity (Wildman–Crippen MR) is 75.4 cm³/mol. The van der Waals surface area contributed by atoms with Crippen LogP contribution in [-0.4, -0.2) is 36.1 Å². The molecule has 1 aromatic heterocycles. The fourth-order valence-electron chi connectivity index (χ4n) is 2.26. The molecule has 0 spiro atoms. The van der Waals surface area contributed by atoms with E-state index in [1.54, 1.807) is 0 Å². The summed E-state index contributed by atoms with van der Waals surface area (Å²) in [6.45, 7) is 8.92. The number of halogens is 1. The monoisotopic (exact) mass is 297 g/mol. The molecule has 0 aromatic carbocycles. The molecule has 2 heterocycles. The van der Waals surface area contributed by atoms with Crippen LogP contribution < -0.4 is 5.32 Å². The number of hydrogen-bond acceptors (Lipinski definition) is 3. The Labute approximate surface area is 112 Å². The number of aromatic nitrogens is 1. The minimum Gasteiger partial charge on any atom is -0.370 e. The average Bonchev–Trinajstić information content (AvgIpc) is 2.79. The number of hydrogen-bond donors (Lipinski definition) is 1. The SMILES string of the molecule is CCN1CCC(CNc2ccc(Br)c(C)n2)C1. The third kappa shape index (κ3) is 3.42. The quantitative estimate of drug-likeness (QED) is 0.926. The zero-order valence-electron chi connectivity index (χ0n) is 10.5. The van der Waals surface area contributed by atoms with E-state index in [0.717, 1.165) is 28.4 Å². The highest BCUT2D eigenvalue weighted by atomic mass is 79.9. The zero-order valence-corrected chi connectivity index (χ0v) is 12.1. The third-order valence-corrected chi connectivity index (χ3v) is 4.25. The van der Waals surface area contributed by atoms with Gasteiger partial charge in [-0.1, -0.05) is 6.92 Å². The average molecular weight is 298 g/mol. The van der Waals surface area contributed by atoms with Crippen LogP contribution in [0.15, 0.2) is 16.6 Å². The standard InChI is InChI=1S/C13H20BrN3/c1-3-17-7-6-11(9-17)8-15-13-5-4-12(14)10(2)16-13/h4-5,11H,3,6-9H2,1-2H3,(H,15,16). The second-order valence-electron chi connectivity index (χ2n) is 4.69. The van der Waals surface area contributed by atoms with Crippen molar-refractivity contribution < 1.29 is 0 Å². The van der Waals surface area contributed by atoms with E-state index in [1.165, 1.54) is 26.1 Å². The lowest BCUT2D eigenvalue weighted by Crippen LogP contribution is -2.22. The Hall–Kier alpha value is -0.610. The molecule has 1 N–H and O–H groups in total. The van der Waals surface area contributed by atoms with Gasteiger partial charge in [-0.25, -0.2) is 4.98 Å². The van der Waals surface area contributed by atoms with Gasteiger partial charge < -0.3 is 10.2 Å². The molecule has 1 saturated heterocycles. The Morgan fingerprint density at radius 1 is 1.53 bits per heavy atom. The van der Waals surface area contributed by atoms with E-state index in [9.17, 15) is 0 Å². The molecule has 0 bridgehead atoms. The normalized spacial score (nSPS) is 20.8. The topological polar surface area (TPSA) is 28.2 Å². The number of aryl methyl sites for hydroxylation is 1. The van der Waals surface area contributed by atoms with E-state index in [1.807, 2.05) is 13.0 Å². The van der Waals surface area contributed by atoms with Gasteiger partial charge in [-0.3, -0.25) is 0 Å². The van der Waals surface area contributed by atoms with E-state index in [0.29, 0.717) is 0 Å². The van der Waals surface area contributed by atoms with Gasteiger partial charge in [-0.05, 0) is 60.4 Å². The molecule has 1 aliphatic heterocycles.